The first-order valence-electron chi connectivity index (χ1n) is 4.69. The summed E-state index contributed by atoms with van der Waals surface area (Å²) in [4.78, 5) is 10.9. The van der Waals surface area contributed by atoms with Crippen molar-refractivity contribution in [1.29, 1.82) is 0 Å². The molecule has 1 aliphatic heterocycles. The van der Waals surface area contributed by atoms with Crippen LogP contribution in [0.3, 0.4) is 0 Å². The smallest absolute Gasteiger partial charge is 0.308 e. The van der Waals surface area contributed by atoms with E-state index in [1.54, 1.807) is 0 Å². The number of rotatable bonds is 3. The van der Waals surface area contributed by atoms with Gasteiger partial charge in [-0.05, 0) is 31.8 Å². The summed E-state index contributed by atoms with van der Waals surface area (Å²) in [6, 6.07) is 0. The molecular weight excluding hydrogens is 170 g/mol. The van der Waals surface area contributed by atoms with E-state index >= 15 is 0 Å². The second-order valence-electron chi connectivity index (χ2n) is 3.44. The highest BCUT2D eigenvalue weighted by Gasteiger charge is 2.23. The zero-order valence-corrected chi connectivity index (χ0v) is 7.95. The maximum atomic E-state index is 10.9. The van der Waals surface area contributed by atoms with Crippen LogP contribution in [-0.2, 0) is 9.53 Å². The minimum absolute atomic E-state index is 0.126. The minimum Gasteiger partial charge on any atom is -0.469 e. The van der Waals surface area contributed by atoms with E-state index < -0.39 is 6.10 Å². The van der Waals surface area contributed by atoms with Gasteiger partial charge in [0.15, 0.2) is 0 Å². The van der Waals surface area contributed by atoms with Crippen molar-refractivity contribution in [2.75, 3.05) is 20.2 Å². The monoisotopic (exact) mass is 187 g/mol. The van der Waals surface area contributed by atoms with Crippen molar-refractivity contribution in [3.05, 3.63) is 0 Å². The lowest BCUT2D eigenvalue weighted by Gasteiger charge is -2.26. The van der Waals surface area contributed by atoms with E-state index in [9.17, 15) is 9.90 Å². The van der Waals surface area contributed by atoms with Gasteiger partial charge in [-0.1, -0.05) is 0 Å². The largest absolute Gasteiger partial charge is 0.469 e. The van der Waals surface area contributed by atoms with Gasteiger partial charge in [-0.15, -0.1) is 0 Å². The first-order valence-corrected chi connectivity index (χ1v) is 4.69. The first-order chi connectivity index (χ1) is 6.24. The molecule has 0 aromatic heterocycles. The summed E-state index contributed by atoms with van der Waals surface area (Å²) in [7, 11) is 1.34. The second-order valence-corrected chi connectivity index (χ2v) is 3.44. The van der Waals surface area contributed by atoms with E-state index in [1.807, 2.05) is 0 Å². The summed E-state index contributed by atoms with van der Waals surface area (Å²) in [5.41, 5.74) is 0. The highest BCUT2D eigenvalue weighted by Crippen LogP contribution is 2.18. The maximum Gasteiger partial charge on any atom is 0.308 e. The van der Waals surface area contributed by atoms with Crippen molar-refractivity contribution >= 4 is 5.97 Å². The number of carbonyl (C=O) groups excluding carboxylic acids is 1. The topological polar surface area (TPSA) is 58.6 Å². The SMILES string of the molecule is COC(=O)CC(O)C1CCNCC1. The summed E-state index contributed by atoms with van der Waals surface area (Å²) < 4.78 is 4.50. The lowest BCUT2D eigenvalue weighted by atomic mass is 9.90. The highest BCUT2D eigenvalue weighted by molar-refractivity contribution is 5.69. The Kier molecular flexibility index (Phi) is 4.18. The van der Waals surface area contributed by atoms with Crippen molar-refractivity contribution in [3.8, 4) is 0 Å². The van der Waals surface area contributed by atoms with E-state index in [1.165, 1.54) is 7.11 Å². The average molecular weight is 187 g/mol. The number of aliphatic hydroxyl groups excluding tert-OH is 1. The van der Waals surface area contributed by atoms with E-state index in [0.29, 0.717) is 0 Å². The fourth-order valence-electron chi connectivity index (χ4n) is 1.65. The van der Waals surface area contributed by atoms with Crippen molar-refractivity contribution in [1.82, 2.24) is 5.32 Å². The van der Waals surface area contributed by atoms with Gasteiger partial charge in [-0.2, -0.15) is 0 Å². The number of nitrogens with one attached hydrogen (secondary N) is 1. The standard InChI is InChI=1S/C9H17NO3/c1-13-9(12)6-8(11)7-2-4-10-5-3-7/h7-8,10-11H,2-6H2,1H3. The van der Waals surface area contributed by atoms with Gasteiger partial charge in [-0.3, -0.25) is 4.79 Å². The van der Waals surface area contributed by atoms with Crippen molar-refractivity contribution < 1.29 is 14.6 Å². The van der Waals surface area contributed by atoms with Gasteiger partial charge in [0.25, 0.3) is 0 Å². The van der Waals surface area contributed by atoms with E-state index in [0.717, 1.165) is 25.9 Å². The van der Waals surface area contributed by atoms with E-state index in [-0.39, 0.29) is 18.3 Å². The van der Waals surface area contributed by atoms with Crippen molar-refractivity contribution in [3.63, 3.8) is 0 Å². The fraction of sp³-hybridized carbons (Fsp3) is 0.889. The van der Waals surface area contributed by atoms with Gasteiger partial charge in [0, 0.05) is 0 Å². The van der Waals surface area contributed by atoms with Gasteiger partial charge in [-0.25, -0.2) is 0 Å². The molecule has 0 bridgehead atoms. The first kappa shape index (κ1) is 10.5. The Labute approximate surface area is 78.3 Å². The van der Waals surface area contributed by atoms with Gasteiger partial charge in [0.2, 0.25) is 0 Å². The molecule has 1 heterocycles. The molecule has 2 N–H and O–H groups in total. The molecule has 1 fully saturated rings. The van der Waals surface area contributed by atoms with Crippen LogP contribution in [0.1, 0.15) is 19.3 Å². The molecular formula is C9H17NO3. The molecule has 1 unspecified atom stereocenters. The number of hydrogen-bond acceptors (Lipinski definition) is 4. The molecule has 0 aromatic rings. The average Bonchev–Trinajstić information content (AvgIpc) is 2.19. The number of ether oxygens (including phenoxy) is 1. The van der Waals surface area contributed by atoms with Gasteiger partial charge >= 0.3 is 5.97 Å². The Hall–Kier alpha value is -0.610. The third kappa shape index (κ3) is 3.32. The quantitative estimate of drug-likeness (QED) is 0.606. The lowest BCUT2D eigenvalue weighted by Crippen LogP contribution is -2.35. The highest BCUT2D eigenvalue weighted by atomic mass is 16.5. The third-order valence-electron chi connectivity index (χ3n) is 2.53. The summed E-state index contributed by atoms with van der Waals surface area (Å²) >= 11 is 0. The zero-order valence-electron chi connectivity index (χ0n) is 7.95. The van der Waals surface area contributed by atoms with E-state index in [4.69, 9.17) is 0 Å². The van der Waals surface area contributed by atoms with Crippen LogP contribution in [0.4, 0.5) is 0 Å². The molecule has 1 rings (SSSR count). The van der Waals surface area contributed by atoms with Crippen LogP contribution in [0.15, 0.2) is 0 Å². The Balaban J connectivity index is 2.28. The molecule has 0 radical (unpaired) electrons. The van der Waals surface area contributed by atoms with Crippen LogP contribution in [0, 0.1) is 5.92 Å². The Morgan fingerprint density at radius 3 is 2.77 bits per heavy atom. The van der Waals surface area contributed by atoms with Gasteiger partial charge < -0.3 is 15.2 Å². The molecule has 76 valence electrons. The lowest BCUT2D eigenvalue weighted by molar-refractivity contribution is -0.143. The predicted octanol–water partition coefficient (Wildman–Crippen LogP) is -0.0900. The van der Waals surface area contributed by atoms with Crippen LogP contribution in [0.25, 0.3) is 0 Å². The van der Waals surface area contributed by atoms with Crippen LogP contribution < -0.4 is 5.32 Å². The Morgan fingerprint density at radius 2 is 2.23 bits per heavy atom. The molecule has 0 aromatic carbocycles. The van der Waals surface area contributed by atoms with Crippen LogP contribution in [0.5, 0.6) is 0 Å². The molecule has 0 aliphatic carbocycles. The molecule has 0 saturated carbocycles. The normalized spacial score (nSPS) is 21.1. The zero-order chi connectivity index (χ0) is 9.68. The van der Waals surface area contributed by atoms with Crippen LogP contribution in [-0.4, -0.2) is 37.4 Å². The number of piperidine rings is 1. The summed E-state index contributed by atoms with van der Waals surface area (Å²) in [6.45, 7) is 1.87. The Bertz CT molecular complexity index is 166. The molecule has 0 spiro atoms. The molecule has 4 heteroatoms. The second kappa shape index (κ2) is 5.19. The molecule has 0 amide bonds. The van der Waals surface area contributed by atoms with Crippen LogP contribution >= 0.6 is 0 Å². The van der Waals surface area contributed by atoms with Crippen molar-refractivity contribution in [2.24, 2.45) is 5.92 Å². The van der Waals surface area contributed by atoms with Gasteiger partial charge in [0.05, 0.1) is 19.6 Å². The van der Waals surface area contributed by atoms with E-state index in [2.05, 4.69) is 10.1 Å². The number of aliphatic hydroxyl groups is 1. The number of hydrogen-bond donors (Lipinski definition) is 2. The molecule has 1 saturated heterocycles. The fourth-order valence-corrected chi connectivity index (χ4v) is 1.65. The number of carbonyl (C=O) groups is 1. The molecule has 4 nitrogen and oxygen atoms in total. The van der Waals surface area contributed by atoms with Crippen molar-refractivity contribution in [2.45, 2.75) is 25.4 Å². The summed E-state index contributed by atoms with van der Waals surface area (Å²) in [5.74, 6) is -0.0774. The summed E-state index contributed by atoms with van der Waals surface area (Å²) in [5, 5.41) is 12.9. The predicted molar refractivity (Wildman–Crippen MR) is 48.2 cm³/mol. The maximum absolute atomic E-state index is 10.9. The molecule has 1 atom stereocenters. The Morgan fingerprint density at radius 1 is 1.62 bits per heavy atom. The van der Waals surface area contributed by atoms with Crippen LogP contribution in [0.2, 0.25) is 0 Å². The van der Waals surface area contributed by atoms with Gasteiger partial charge in [0.1, 0.15) is 0 Å². The number of esters is 1. The molecule has 13 heavy (non-hydrogen) atoms. The molecule has 1 aliphatic rings. The summed E-state index contributed by atoms with van der Waals surface area (Å²) in [6.07, 6.45) is 1.48. The number of methoxy groups -OCH3 is 1. The third-order valence-corrected chi connectivity index (χ3v) is 2.53. The minimum atomic E-state index is -0.533.